The van der Waals surface area contributed by atoms with Crippen LogP contribution in [0.3, 0.4) is 0 Å². The minimum absolute atomic E-state index is 0.269. The molecule has 1 aromatic rings. The van der Waals surface area contributed by atoms with Crippen molar-refractivity contribution in [2.45, 2.75) is 31.7 Å². The molecule has 1 aromatic heterocycles. The Kier molecular flexibility index (Phi) is 1.84. The normalized spacial score (nSPS) is 19.5. The van der Waals surface area contributed by atoms with E-state index in [2.05, 4.69) is 10.3 Å². The zero-order valence-electron chi connectivity index (χ0n) is 7.27. The van der Waals surface area contributed by atoms with Gasteiger partial charge in [-0.2, -0.15) is 0 Å². The molecule has 1 atom stereocenters. The number of hydrogen-bond acceptors (Lipinski definition) is 3. The van der Waals surface area contributed by atoms with E-state index in [1.54, 1.807) is 0 Å². The Morgan fingerprint density at radius 2 is 2.50 bits per heavy atom. The smallest absolute Gasteiger partial charge is 0.0858 e. The molecule has 0 spiro atoms. The summed E-state index contributed by atoms with van der Waals surface area (Å²) in [6.07, 6.45) is 4.57. The van der Waals surface area contributed by atoms with Crippen molar-refractivity contribution in [3.05, 3.63) is 11.9 Å². The first-order chi connectivity index (χ1) is 5.81. The molecule has 1 aliphatic rings. The Morgan fingerprint density at radius 3 is 3.08 bits per heavy atom. The molecule has 1 saturated carbocycles. The molecular formula is C8H14N4. The van der Waals surface area contributed by atoms with Crippen molar-refractivity contribution in [1.82, 2.24) is 15.0 Å². The van der Waals surface area contributed by atoms with Crippen molar-refractivity contribution in [2.75, 3.05) is 6.54 Å². The van der Waals surface area contributed by atoms with Crippen LogP contribution in [0.15, 0.2) is 6.20 Å². The van der Waals surface area contributed by atoms with Crippen LogP contribution >= 0.6 is 0 Å². The third-order valence-corrected chi connectivity index (χ3v) is 2.32. The first-order valence-corrected chi connectivity index (χ1v) is 4.43. The number of nitrogens with zero attached hydrogens (tertiary/aromatic N) is 3. The number of nitrogens with two attached hydrogens (primary N) is 1. The van der Waals surface area contributed by atoms with Gasteiger partial charge in [-0.05, 0) is 19.8 Å². The van der Waals surface area contributed by atoms with E-state index in [1.807, 2.05) is 17.8 Å². The largest absolute Gasteiger partial charge is 0.328 e. The maximum atomic E-state index is 5.52. The third-order valence-electron chi connectivity index (χ3n) is 2.32. The molecule has 0 unspecified atom stereocenters. The van der Waals surface area contributed by atoms with E-state index >= 15 is 0 Å². The predicted molar refractivity (Wildman–Crippen MR) is 45.8 cm³/mol. The summed E-state index contributed by atoms with van der Waals surface area (Å²) in [7, 11) is 0. The Morgan fingerprint density at radius 1 is 1.75 bits per heavy atom. The van der Waals surface area contributed by atoms with Crippen LogP contribution in [0.5, 0.6) is 0 Å². The van der Waals surface area contributed by atoms with Gasteiger partial charge in [-0.25, -0.2) is 4.68 Å². The fourth-order valence-electron chi connectivity index (χ4n) is 1.18. The van der Waals surface area contributed by atoms with Gasteiger partial charge in [-0.15, -0.1) is 5.10 Å². The minimum Gasteiger partial charge on any atom is -0.328 e. The van der Waals surface area contributed by atoms with Crippen molar-refractivity contribution in [2.24, 2.45) is 5.73 Å². The van der Waals surface area contributed by atoms with E-state index in [1.165, 1.54) is 12.8 Å². The summed E-state index contributed by atoms with van der Waals surface area (Å²) in [5.41, 5.74) is 6.65. The second-order valence-electron chi connectivity index (χ2n) is 3.48. The highest BCUT2D eigenvalue weighted by Crippen LogP contribution is 2.38. The van der Waals surface area contributed by atoms with Gasteiger partial charge in [-0.1, -0.05) is 5.21 Å². The average molecular weight is 166 g/mol. The highest BCUT2D eigenvalue weighted by molar-refractivity contribution is 5.09. The van der Waals surface area contributed by atoms with E-state index in [9.17, 15) is 0 Å². The van der Waals surface area contributed by atoms with Gasteiger partial charge in [0.25, 0.3) is 0 Å². The average Bonchev–Trinajstić information content (AvgIpc) is 2.83. The zero-order chi connectivity index (χ0) is 8.55. The molecule has 0 bridgehead atoms. The van der Waals surface area contributed by atoms with E-state index < -0.39 is 0 Å². The summed E-state index contributed by atoms with van der Waals surface area (Å²) in [4.78, 5) is 0. The van der Waals surface area contributed by atoms with Gasteiger partial charge in [0.05, 0.1) is 11.7 Å². The molecule has 1 fully saturated rings. The maximum absolute atomic E-state index is 5.52. The molecular weight excluding hydrogens is 152 g/mol. The van der Waals surface area contributed by atoms with E-state index in [-0.39, 0.29) is 6.04 Å². The van der Waals surface area contributed by atoms with Gasteiger partial charge in [0.15, 0.2) is 0 Å². The molecule has 2 rings (SSSR count). The second kappa shape index (κ2) is 2.86. The molecule has 0 aliphatic heterocycles. The van der Waals surface area contributed by atoms with Gasteiger partial charge in [-0.3, -0.25) is 0 Å². The molecule has 12 heavy (non-hydrogen) atoms. The molecule has 0 radical (unpaired) electrons. The molecule has 4 heteroatoms. The number of aromatic nitrogens is 3. The molecule has 0 aromatic carbocycles. The monoisotopic (exact) mass is 166 g/mol. The SMILES string of the molecule is C[C@@H](CN)n1cc(C2CC2)nn1. The van der Waals surface area contributed by atoms with E-state index in [0.29, 0.717) is 12.5 Å². The Hall–Kier alpha value is -0.900. The lowest BCUT2D eigenvalue weighted by atomic mass is 10.3. The van der Waals surface area contributed by atoms with E-state index in [0.717, 1.165) is 5.69 Å². The summed E-state index contributed by atoms with van der Waals surface area (Å²) < 4.78 is 1.85. The predicted octanol–water partition coefficient (Wildman–Crippen LogP) is 0.675. The van der Waals surface area contributed by atoms with Crippen molar-refractivity contribution in [1.29, 1.82) is 0 Å². The fourth-order valence-corrected chi connectivity index (χ4v) is 1.18. The van der Waals surface area contributed by atoms with Crippen molar-refractivity contribution in [3.63, 3.8) is 0 Å². The molecule has 1 aliphatic carbocycles. The standard InChI is InChI=1S/C8H14N4/c1-6(4-9)12-5-8(10-11-12)7-2-3-7/h5-7H,2-4,9H2,1H3/t6-/m0/s1. The van der Waals surface area contributed by atoms with Crippen LogP contribution in [0, 0.1) is 0 Å². The lowest BCUT2D eigenvalue weighted by molar-refractivity contribution is 0.485. The van der Waals surface area contributed by atoms with Crippen molar-refractivity contribution >= 4 is 0 Å². The van der Waals surface area contributed by atoms with Gasteiger partial charge < -0.3 is 5.73 Å². The summed E-state index contributed by atoms with van der Waals surface area (Å²) in [6.45, 7) is 2.67. The molecule has 1 heterocycles. The van der Waals surface area contributed by atoms with Gasteiger partial charge >= 0.3 is 0 Å². The van der Waals surface area contributed by atoms with Crippen LogP contribution in [-0.2, 0) is 0 Å². The molecule has 66 valence electrons. The molecule has 0 amide bonds. The van der Waals surface area contributed by atoms with Crippen molar-refractivity contribution < 1.29 is 0 Å². The first-order valence-electron chi connectivity index (χ1n) is 4.43. The summed E-state index contributed by atoms with van der Waals surface area (Å²) in [5, 5.41) is 8.14. The Balaban J connectivity index is 2.12. The first kappa shape index (κ1) is 7.73. The van der Waals surface area contributed by atoms with Crippen LogP contribution in [0.1, 0.15) is 37.4 Å². The van der Waals surface area contributed by atoms with Crippen LogP contribution in [-0.4, -0.2) is 21.5 Å². The minimum atomic E-state index is 0.269. The van der Waals surface area contributed by atoms with E-state index in [4.69, 9.17) is 5.73 Å². The number of rotatable bonds is 3. The molecule has 4 nitrogen and oxygen atoms in total. The Bertz CT molecular complexity index is 264. The van der Waals surface area contributed by atoms with Gasteiger partial charge in [0, 0.05) is 18.7 Å². The lowest BCUT2D eigenvalue weighted by Gasteiger charge is -2.05. The summed E-state index contributed by atoms with van der Waals surface area (Å²) in [6, 6.07) is 0.269. The topological polar surface area (TPSA) is 56.7 Å². The number of hydrogen-bond donors (Lipinski definition) is 1. The fraction of sp³-hybridized carbons (Fsp3) is 0.750. The highest BCUT2D eigenvalue weighted by atomic mass is 15.4. The quantitative estimate of drug-likeness (QED) is 0.718. The highest BCUT2D eigenvalue weighted by Gasteiger charge is 2.26. The van der Waals surface area contributed by atoms with Crippen LogP contribution in [0.2, 0.25) is 0 Å². The zero-order valence-corrected chi connectivity index (χ0v) is 7.27. The van der Waals surface area contributed by atoms with Crippen LogP contribution < -0.4 is 5.73 Å². The van der Waals surface area contributed by atoms with Crippen LogP contribution in [0.4, 0.5) is 0 Å². The second-order valence-corrected chi connectivity index (χ2v) is 3.48. The summed E-state index contributed by atoms with van der Waals surface area (Å²) in [5.74, 6) is 0.684. The van der Waals surface area contributed by atoms with Gasteiger partial charge in [0.2, 0.25) is 0 Å². The lowest BCUT2D eigenvalue weighted by Crippen LogP contribution is -2.16. The molecule has 2 N–H and O–H groups in total. The van der Waals surface area contributed by atoms with Crippen molar-refractivity contribution in [3.8, 4) is 0 Å². The molecule has 0 saturated heterocycles. The third kappa shape index (κ3) is 1.34. The van der Waals surface area contributed by atoms with Crippen LogP contribution in [0.25, 0.3) is 0 Å². The summed E-state index contributed by atoms with van der Waals surface area (Å²) >= 11 is 0. The van der Waals surface area contributed by atoms with Gasteiger partial charge in [0.1, 0.15) is 0 Å². The Labute approximate surface area is 71.8 Å². The maximum Gasteiger partial charge on any atom is 0.0858 e.